The molecule has 6 rings (SSSR count). The molecule has 0 saturated heterocycles. The molecule has 0 aliphatic carbocycles. The van der Waals surface area contributed by atoms with Crippen LogP contribution in [0.25, 0.3) is 11.3 Å². The number of ether oxygens (including phenoxy) is 2. The van der Waals surface area contributed by atoms with Gasteiger partial charge in [0.2, 0.25) is 17.5 Å². The molecule has 0 spiro atoms. The van der Waals surface area contributed by atoms with Gasteiger partial charge < -0.3 is 50.7 Å². The van der Waals surface area contributed by atoms with Gasteiger partial charge in [-0.15, -0.1) is 10.2 Å². The Morgan fingerprint density at radius 3 is 1.86 bits per heavy atom. The quantitative estimate of drug-likeness (QED) is 0.0460. The van der Waals surface area contributed by atoms with Crippen LogP contribution in [-0.4, -0.2) is 121 Å². The summed E-state index contributed by atoms with van der Waals surface area (Å²) < 4.78 is 28.7. The molecule has 0 bridgehead atoms. The van der Waals surface area contributed by atoms with E-state index in [4.69, 9.17) is 13.9 Å². The highest BCUT2D eigenvalue weighted by atomic mass is 19.1. The van der Waals surface area contributed by atoms with E-state index in [1.807, 2.05) is 93.6 Å². The molecule has 0 aliphatic heterocycles. The normalized spacial score (nSPS) is 13.0. The molecule has 83 heavy (non-hydrogen) atoms. The number of carbonyl (C=O) groups is 6. The number of alkyl carbamates (subject to hydrolysis) is 2. The number of benzene rings is 3. The Labute approximate surface area is 480 Å². The van der Waals surface area contributed by atoms with Crippen molar-refractivity contribution in [3.05, 3.63) is 159 Å². The molecular weight excluding hydrogens is 1080 g/mol. The Morgan fingerprint density at radius 2 is 1.31 bits per heavy atom. The summed E-state index contributed by atoms with van der Waals surface area (Å²) in [6.07, 6.45) is -0.778. The largest absolute Gasteiger partial charge is 0.501 e. The minimum atomic E-state index is -1.27. The van der Waals surface area contributed by atoms with Crippen LogP contribution in [0.5, 0.6) is 5.75 Å². The Hall–Kier alpha value is -9.10. The average Bonchev–Trinajstić information content (AvgIpc) is 3.48. The van der Waals surface area contributed by atoms with E-state index in [2.05, 4.69) is 52.2 Å². The average molecular weight is 1150 g/mol. The molecule has 0 fully saturated rings. The number of hydrazine groups is 1. The SMILES string of the molecule is COC(=O)N[C@H](C(=O)N[C@@H](Cc1ccccc1)[C@@H](O)CN(Cc1ccc(-c2ccccn2)cc1)NC(=O)[C@@H](NC(=O)OC)C(C)(C)C)C(C)(C)C.Cc1nnc(C(=O)NC(C)(C)c2nc(C(=O)NCc3ccc(F)cc3)c(O)c(=O)n2C)o1. The number of pyridine rings is 1. The lowest BCUT2D eigenvalue weighted by Crippen LogP contribution is -2.60. The van der Waals surface area contributed by atoms with Gasteiger partial charge in [0.05, 0.1) is 37.6 Å². The maximum Gasteiger partial charge on any atom is 0.407 e. The van der Waals surface area contributed by atoms with Crippen molar-refractivity contribution in [3.8, 4) is 17.0 Å². The maximum absolute atomic E-state index is 13.8. The van der Waals surface area contributed by atoms with Gasteiger partial charge >= 0.3 is 24.0 Å². The van der Waals surface area contributed by atoms with Gasteiger partial charge in [-0.1, -0.05) is 114 Å². The Morgan fingerprint density at radius 1 is 0.735 bits per heavy atom. The number of halogens is 1. The Bertz CT molecular complexity index is 3240. The van der Waals surface area contributed by atoms with Crippen molar-refractivity contribution in [1.82, 2.24) is 61.8 Å². The van der Waals surface area contributed by atoms with Gasteiger partial charge in [0, 0.05) is 45.4 Å². The van der Waals surface area contributed by atoms with Crippen molar-refractivity contribution in [2.45, 2.75) is 112 Å². The van der Waals surface area contributed by atoms with Crippen LogP contribution >= 0.6 is 0 Å². The number of aliphatic hydroxyl groups is 1. The molecule has 0 saturated carbocycles. The molecular formula is C58H73FN12O12. The highest BCUT2D eigenvalue weighted by molar-refractivity contribution is 5.95. The molecule has 3 aromatic heterocycles. The predicted octanol–water partition coefficient (Wildman–Crippen LogP) is 5.12. The lowest BCUT2D eigenvalue weighted by Gasteiger charge is -2.35. The number of aliphatic hydroxyl groups excluding tert-OH is 1. The van der Waals surface area contributed by atoms with Crippen molar-refractivity contribution in [2.75, 3.05) is 20.8 Å². The van der Waals surface area contributed by atoms with Gasteiger partial charge in [-0.3, -0.25) is 38.9 Å². The predicted molar refractivity (Wildman–Crippen MR) is 302 cm³/mol. The van der Waals surface area contributed by atoms with E-state index in [9.17, 15) is 48.2 Å². The minimum absolute atomic E-state index is 0.00294. The van der Waals surface area contributed by atoms with Crippen molar-refractivity contribution in [3.63, 3.8) is 0 Å². The number of aromatic hydroxyl groups is 1. The van der Waals surface area contributed by atoms with Crippen LogP contribution in [0.1, 0.15) is 105 Å². The van der Waals surface area contributed by atoms with Gasteiger partial charge in [0.15, 0.2) is 5.69 Å². The van der Waals surface area contributed by atoms with E-state index in [1.165, 1.54) is 52.5 Å². The van der Waals surface area contributed by atoms with Crippen LogP contribution in [-0.2, 0) is 51.2 Å². The number of rotatable bonds is 20. The zero-order chi connectivity index (χ0) is 61.4. The molecule has 6 aromatic rings. The second-order valence-electron chi connectivity index (χ2n) is 22.0. The van der Waals surface area contributed by atoms with E-state index in [0.717, 1.165) is 27.0 Å². The lowest BCUT2D eigenvalue weighted by atomic mass is 9.85. The first kappa shape index (κ1) is 64.7. The third-order valence-corrected chi connectivity index (χ3v) is 12.8. The Kier molecular flexibility index (Phi) is 22.3. The molecule has 0 aliphatic rings. The summed E-state index contributed by atoms with van der Waals surface area (Å²) in [5, 5.41) is 44.1. The molecule has 24 nitrogen and oxygen atoms in total. The standard InChI is InChI=1S/C38H52N6O7.C20H21FN6O5/c1-37(2,3)31(41-35(48)50-7)33(46)40-29(22-25-14-10-9-11-15-25)30(45)24-44(43-34(47)32(38(4,5)6)42-36(49)51-8)23-26-17-19-27(20-18-26)28-16-12-13-21-39-28;1-10-25-26-17(32-10)16(30)24-20(2,3)19-23-13(14(28)18(31)27(19)4)15(29)22-9-11-5-7-12(21)8-6-11/h9-21,29-32,45H,22-24H2,1-8H3,(H,40,46)(H,41,48)(H,42,49)(H,43,47);5-8,28H,9H2,1-4H3,(H,22,29)(H,24,30)/t29-,30-,31+,32+;/m0./s1. The van der Waals surface area contributed by atoms with Crippen LogP contribution in [0.2, 0.25) is 0 Å². The molecule has 444 valence electrons. The number of nitrogens with zero attached hydrogens (tertiary/aromatic N) is 6. The van der Waals surface area contributed by atoms with E-state index in [1.54, 1.807) is 45.8 Å². The summed E-state index contributed by atoms with van der Waals surface area (Å²) in [5.74, 6) is -3.91. The van der Waals surface area contributed by atoms with Gasteiger partial charge in [-0.2, -0.15) is 0 Å². The van der Waals surface area contributed by atoms with Crippen molar-refractivity contribution in [1.29, 1.82) is 0 Å². The Balaban J connectivity index is 0.000000337. The number of methoxy groups -OCH3 is 2. The van der Waals surface area contributed by atoms with E-state index >= 15 is 0 Å². The molecule has 6 amide bonds. The summed E-state index contributed by atoms with van der Waals surface area (Å²) in [4.78, 5) is 98.1. The van der Waals surface area contributed by atoms with Crippen molar-refractivity contribution >= 4 is 35.8 Å². The van der Waals surface area contributed by atoms with Crippen molar-refractivity contribution in [2.24, 2.45) is 17.9 Å². The summed E-state index contributed by atoms with van der Waals surface area (Å²) in [6, 6.07) is 25.3. The fraction of sp³-hybridized carbons (Fsp3) is 0.397. The van der Waals surface area contributed by atoms with Crippen LogP contribution < -0.4 is 37.6 Å². The third-order valence-electron chi connectivity index (χ3n) is 12.8. The molecule has 0 radical (unpaired) electrons. The van der Waals surface area contributed by atoms with Gasteiger partial charge in [0.1, 0.15) is 23.7 Å². The topological polar surface area (TPSA) is 323 Å². The molecule has 8 N–H and O–H groups in total. The second-order valence-corrected chi connectivity index (χ2v) is 22.0. The monoisotopic (exact) mass is 1150 g/mol. The van der Waals surface area contributed by atoms with Crippen LogP contribution in [0.3, 0.4) is 0 Å². The second kappa shape index (κ2) is 28.5. The number of hydrogen-bond donors (Lipinski definition) is 8. The van der Waals surface area contributed by atoms with E-state index < -0.39 is 99.2 Å². The van der Waals surface area contributed by atoms with Gasteiger partial charge in [-0.25, -0.2) is 24.0 Å². The van der Waals surface area contributed by atoms with Crippen LogP contribution in [0.4, 0.5) is 14.0 Å². The summed E-state index contributed by atoms with van der Waals surface area (Å²) in [7, 11) is 3.78. The first-order valence-corrected chi connectivity index (χ1v) is 26.2. The maximum atomic E-state index is 13.8. The number of carbonyl (C=O) groups excluding carboxylic acids is 6. The van der Waals surface area contributed by atoms with Crippen LogP contribution in [0, 0.1) is 23.6 Å². The summed E-state index contributed by atoms with van der Waals surface area (Å²) in [5.41, 5.74) is 2.82. The van der Waals surface area contributed by atoms with Gasteiger partial charge in [-0.05, 0) is 72.1 Å². The minimum Gasteiger partial charge on any atom is -0.501 e. The number of amides is 6. The molecule has 3 heterocycles. The highest BCUT2D eigenvalue weighted by Gasteiger charge is 2.38. The zero-order valence-corrected chi connectivity index (χ0v) is 48.5. The number of aryl methyl sites for hydroxylation is 1. The van der Waals surface area contributed by atoms with E-state index in [-0.39, 0.29) is 43.7 Å². The molecule has 25 heteroatoms. The smallest absolute Gasteiger partial charge is 0.407 e. The summed E-state index contributed by atoms with van der Waals surface area (Å²) >= 11 is 0. The summed E-state index contributed by atoms with van der Waals surface area (Å²) in [6.45, 7) is 15.5. The first-order chi connectivity index (χ1) is 39.0. The highest BCUT2D eigenvalue weighted by Crippen LogP contribution is 2.24. The lowest BCUT2D eigenvalue weighted by molar-refractivity contribution is -0.132. The fourth-order valence-electron chi connectivity index (χ4n) is 8.34. The fourth-order valence-corrected chi connectivity index (χ4v) is 8.34. The van der Waals surface area contributed by atoms with Crippen LogP contribution in [0.15, 0.2) is 112 Å². The first-order valence-electron chi connectivity index (χ1n) is 26.2. The third kappa shape index (κ3) is 18.7. The molecule has 4 atom stereocenters. The van der Waals surface area contributed by atoms with Gasteiger partial charge in [0.25, 0.3) is 17.4 Å². The zero-order valence-electron chi connectivity index (χ0n) is 48.5. The van der Waals surface area contributed by atoms with E-state index in [0.29, 0.717) is 5.56 Å². The molecule has 3 aromatic carbocycles. The number of aromatic nitrogens is 5. The molecule has 0 unspecified atom stereocenters. The van der Waals surface area contributed by atoms with Crippen molar-refractivity contribution < 1.29 is 57.3 Å². The number of hydrogen-bond acceptors (Lipinski definition) is 17. The number of nitrogens with one attached hydrogen (secondary N) is 6.